The lowest BCUT2D eigenvalue weighted by Gasteiger charge is -2.02. The summed E-state index contributed by atoms with van der Waals surface area (Å²) in [7, 11) is 1.57. The molecule has 80 valence electrons. The van der Waals surface area contributed by atoms with Crippen molar-refractivity contribution in [3.05, 3.63) is 29.8 Å². The van der Waals surface area contributed by atoms with Crippen molar-refractivity contribution in [1.29, 1.82) is 0 Å². The molecule has 0 fully saturated rings. The van der Waals surface area contributed by atoms with Gasteiger partial charge in [0, 0.05) is 5.56 Å². The maximum Gasteiger partial charge on any atom is 0.251 e. The SMILES string of the molecule is COc1ccccc1C=NNC(N)=NO. The number of rotatable bonds is 3. The summed E-state index contributed by atoms with van der Waals surface area (Å²) >= 11 is 0. The van der Waals surface area contributed by atoms with Gasteiger partial charge in [-0.15, -0.1) is 0 Å². The van der Waals surface area contributed by atoms with E-state index in [1.54, 1.807) is 7.11 Å². The van der Waals surface area contributed by atoms with Gasteiger partial charge >= 0.3 is 0 Å². The van der Waals surface area contributed by atoms with E-state index in [1.807, 2.05) is 24.3 Å². The second-order valence-corrected chi connectivity index (χ2v) is 2.60. The molecule has 6 nitrogen and oxygen atoms in total. The van der Waals surface area contributed by atoms with Crippen molar-refractivity contribution >= 4 is 12.2 Å². The van der Waals surface area contributed by atoms with Gasteiger partial charge in [0.05, 0.1) is 13.3 Å². The summed E-state index contributed by atoms with van der Waals surface area (Å²) in [6.07, 6.45) is 1.51. The normalized spacial score (nSPS) is 11.7. The van der Waals surface area contributed by atoms with Gasteiger partial charge in [-0.05, 0) is 17.3 Å². The Kier molecular flexibility index (Phi) is 3.96. The molecule has 4 N–H and O–H groups in total. The van der Waals surface area contributed by atoms with Crippen LogP contribution in [-0.2, 0) is 0 Å². The molecule has 0 amide bonds. The molecular weight excluding hydrogens is 196 g/mol. The molecule has 0 radical (unpaired) electrons. The van der Waals surface area contributed by atoms with E-state index in [4.69, 9.17) is 15.7 Å². The van der Waals surface area contributed by atoms with Crippen LogP contribution in [0, 0.1) is 0 Å². The maximum absolute atomic E-state index is 8.23. The molecule has 0 aliphatic heterocycles. The monoisotopic (exact) mass is 208 g/mol. The van der Waals surface area contributed by atoms with Crippen LogP contribution in [0.2, 0.25) is 0 Å². The minimum atomic E-state index is -0.179. The first-order valence-corrected chi connectivity index (χ1v) is 4.17. The van der Waals surface area contributed by atoms with Crippen molar-refractivity contribution in [1.82, 2.24) is 5.43 Å². The highest BCUT2D eigenvalue weighted by Gasteiger charge is 1.96. The smallest absolute Gasteiger partial charge is 0.251 e. The number of hydrazone groups is 1. The molecule has 6 heteroatoms. The van der Waals surface area contributed by atoms with E-state index in [-0.39, 0.29) is 5.96 Å². The van der Waals surface area contributed by atoms with Crippen LogP contribution in [0.1, 0.15) is 5.56 Å². The van der Waals surface area contributed by atoms with Crippen molar-refractivity contribution in [2.45, 2.75) is 0 Å². The summed E-state index contributed by atoms with van der Waals surface area (Å²) in [5.74, 6) is 0.517. The highest BCUT2D eigenvalue weighted by molar-refractivity contribution is 5.85. The topological polar surface area (TPSA) is 92.2 Å². The van der Waals surface area contributed by atoms with Crippen molar-refractivity contribution < 1.29 is 9.94 Å². The first kappa shape index (κ1) is 10.8. The maximum atomic E-state index is 8.23. The third kappa shape index (κ3) is 3.18. The molecule has 0 heterocycles. The van der Waals surface area contributed by atoms with Gasteiger partial charge in [-0.1, -0.05) is 12.1 Å². The van der Waals surface area contributed by atoms with Gasteiger partial charge in [0.15, 0.2) is 0 Å². The molecule has 15 heavy (non-hydrogen) atoms. The summed E-state index contributed by atoms with van der Waals surface area (Å²) in [6.45, 7) is 0. The number of nitrogens with one attached hydrogen (secondary N) is 1. The number of oxime groups is 1. The Morgan fingerprint density at radius 1 is 1.53 bits per heavy atom. The van der Waals surface area contributed by atoms with E-state index in [0.717, 1.165) is 5.56 Å². The molecule has 0 aliphatic rings. The third-order valence-electron chi connectivity index (χ3n) is 1.63. The largest absolute Gasteiger partial charge is 0.496 e. The first-order valence-electron chi connectivity index (χ1n) is 4.17. The van der Waals surface area contributed by atoms with Crippen molar-refractivity contribution in [2.24, 2.45) is 16.0 Å². The molecule has 0 spiro atoms. The molecule has 0 bridgehead atoms. The number of ether oxygens (including phenoxy) is 1. The standard InChI is InChI=1S/C9H12N4O2/c1-15-8-5-3-2-4-7(8)6-11-12-9(10)13-14/h2-6,14H,1H3,(H3,10,12,13). The second kappa shape index (κ2) is 5.48. The average Bonchev–Trinajstić information content (AvgIpc) is 2.29. The number of hydrogen-bond acceptors (Lipinski definition) is 4. The Bertz CT molecular complexity index is 376. The van der Waals surface area contributed by atoms with Gasteiger partial charge < -0.3 is 15.7 Å². The quantitative estimate of drug-likeness (QED) is 0.289. The number of benzene rings is 1. The lowest BCUT2D eigenvalue weighted by atomic mass is 10.2. The van der Waals surface area contributed by atoms with E-state index >= 15 is 0 Å². The molecule has 1 rings (SSSR count). The molecular formula is C9H12N4O2. The van der Waals surface area contributed by atoms with Crippen LogP contribution in [-0.4, -0.2) is 24.5 Å². The van der Waals surface area contributed by atoms with Crippen molar-refractivity contribution in [2.75, 3.05) is 7.11 Å². The van der Waals surface area contributed by atoms with Crippen LogP contribution in [0.4, 0.5) is 0 Å². The fourth-order valence-corrected chi connectivity index (χ4v) is 0.963. The lowest BCUT2D eigenvalue weighted by molar-refractivity contribution is 0.316. The van der Waals surface area contributed by atoms with E-state index < -0.39 is 0 Å². The number of nitrogens with two attached hydrogens (primary N) is 1. The van der Waals surface area contributed by atoms with Crippen LogP contribution in [0.5, 0.6) is 5.75 Å². The number of hydrogen-bond donors (Lipinski definition) is 3. The molecule has 0 saturated carbocycles. The Balaban J connectivity index is 2.71. The zero-order valence-electron chi connectivity index (χ0n) is 8.21. The summed E-state index contributed by atoms with van der Waals surface area (Å²) in [6, 6.07) is 7.35. The predicted octanol–water partition coefficient (Wildman–Crippen LogP) is 0.323. The lowest BCUT2D eigenvalue weighted by Crippen LogP contribution is -2.26. The summed E-state index contributed by atoms with van der Waals surface area (Å²) in [5, 5.41) is 14.7. The highest BCUT2D eigenvalue weighted by atomic mass is 16.5. The number of guanidine groups is 1. The van der Waals surface area contributed by atoms with Crippen LogP contribution in [0.25, 0.3) is 0 Å². The summed E-state index contributed by atoms with van der Waals surface area (Å²) in [4.78, 5) is 0. The van der Waals surface area contributed by atoms with E-state index in [1.165, 1.54) is 6.21 Å². The number of nitrogens with zero attached hydrogens (tertiary/aromatic N) is 2. The third-order valence-corrected chi connectivity index (χ3v) is 1.63. The van der Waals surface area contributed by atoms with E-state index in [2.05, 4.69) is 15.7 Å². The van der Waals surface area contributed by atoms with Gasteiger partial charge in [0.1, 0.15) is 5.75 Å². The molecule has 1 aromatic carbocycles. The second-order valence-electron chi connectivity index (χ2n) is 2.60. The van der Waals surface area contributed by atoms with Crippen LogP contribution >= 0.6 is 0 Å². The van der Waals surface area contributed by atoms with E-state index in [9.17, 15) is 0 Å². The summed E-state index contributed by atoms with van der Waals surface area (Å²) < 4.78 is 5.10. The average molecular weight is 208 g/mol. The molecule has 0 aliphatic carbocycles. The Morgan fingerprint density at radius 2 is 2.27 bits per heavy atom. The van der Waals surface area contributed by atoms with Gasteiger partial charge in [0.2, 0.25) is 0 Å². The molecule has 1 aromatic rings. The van der Waals surface area contributed by atoms with Gasteiger partial charge in [-0.25, -0.2) is 5.43 Å². The van der Waals surface area contributed by atoms with E-state index in [0.29, 0.717) is 5.75 Å². The summed E-state index contributed by atoms with van der Waals surface area (Å²) in [5.41, 5.74) is 8.27. The predicted molar refractivity (Wildman–Crippen MR) is 57.1 cm³/mol. The van der Waals surface area contributed by atoms with Crippen LogP contribution in [0.15, 0.2) is 34.5 Å². The zero-order chi connectivity index (χ0) is 11.1. The van der Waals surface area contributed by atoms with Crippen LogP contribution < -0.4 is 15.9 Å². The minimum absolute atomic E-state index is 0.179. The van der Waals surface area contributed by atoms with Crippen molar-refractivity contribution in [3.8, 4) is 5.75 Å². The van der Waals surface area contributed by atoms with Gasteiger partial charge in [-0.3, -0.25) is 0 Å². The van der Waals surface area contributed by atoms with Crippen LogP contribution in [0.3, 0.4) is 0 Å². The molecule has 0 unspecified atom stereocenters. The van der Waals surface area contributed by atoms with Crippen molar-refractivity contribution in [3.63, 3.8) is 0 Å². The highest BCUT2D eigenvalue weighted by Crippen LogP contribution is 2.14. The first-order chi connectivity index (χ1) is 7.27. The Hall–Kier alpha value is -2.24. The number of para-hydroxylation sites is 1. The fourth-order valence-electron chi connectivity index (χ4n) is 0.963. The molecule has 0 saturated heterocycles. The van der Waals surface area contributed by atoms with Gasteiger partial charge in [-0.2, -0.15) is 5.10 Å². The fraction of sp³-hybridized carbons (Fsp3) is 0.111. The van der Waals surface area contributed by atoms with Gasteiger partial charge in [0.25, 0.3) is 5.96 Å². The number of methoxy groups -OCH3 is 1. The zero-order valence-corrected chi connectivity index (χ0v) is 8.21. The molecule has 0 aromatic heterocycles. The minimum Gasteiger partial charge on any atom is -0.496 e. The Labute approximate surface area is 87.0 Å². The molecule has 0 atom stereocenters. The Morgan fingerprint density at radius 3 is 2.93 bits per heavy atom.